The van der Waals surface area contributed by atoms with E-state index in [4.69, 9.17) is 9.47 Å². The molecule has 0 atom stereocenters. The third kappa shape index (κ3) is 4.93. The van der Waals surface area contributed by atoms with E-state index in [1.165, 1.54) is 0 Å². The summed E-state index contributed by atoms with van der Waals surface area (Å²) in [6.07, 6.45) is 0. The molecule has 1 aromatic rings. The molecule has 1 rings (SSSR count). The number of hydrogen-bond acceptors (Lipinski definition) is 4. The number of anilines is 1. The van der Waals surface area contributed by atoms with Crippen molar-refractivity contribution in [3.63, 3.8) is 0 Å². The maximum absolute atomic E-state index is 11.7. The largest absolute Gasteiger partial charge is 0.383 e. The van der Waals surface area contributed by atoms with Crippen LogP contribution in [0.2, 0.25) is 0 Å². The maximum atomic E-state index is 11.7. The predicted molar refractivity (Wildman–Crippen MR) is 80.1 cm³/mol. The first-order chi connectivity index (χ1) is 9.10. The Hall–Kier alpha value is -0.910. The van der Waals surface area contributed by atoms with Gasteiger partial charge in [0.05, 0.1) is 13.2 Å². The number of Topliss-reactive ketones (excluding diaryl/α,β-unsaturated/α-hetero) is 1. The predicted octanol–water partition coefficient (Wildman–Crippen LogP) is 2.75. The zero-order valence-electron chi connectivity index (χ0n) is 11.6. The van der Waals surface area contributed by atoms with Crippen molar-refractivity contribution < 1.29 is 14.3 Å². The minimum atomic E-state index is 0.0577. The number of benzene rings is 1. The second-order valence-corrected chi connectivity index (χ2v) is 5.11. The molecule has 1 aromatic carbocycles. The molecule has 0 aliphatic rings. The molecular weight excluding hydrogens is 310 g/mol. The summed E-state index contributed by atoms with van der Waals surface area (Å²) in [5.74, 6) is 0.0577. The Bertz CT molecular complexity index is 415. The van der Waals surface area contributed by atoms with E-state index in [0.29, 0.717) is 13.2 Å². The van der Waals surface area contributed by atoms with Gasteiger partial charge in [-0.05, 0) is 25.1 Å². The minimum absolute atomic E-state index is 0.0577. The first kappa shape index (κ1) is 16.1. The average molecular weight is 330 g/mol. The highest BCUT2D eigenvalue weighted by Crippen LogP contribution is 2.25. The molecule has 106 valence electrons. The molecule has 19 heavy (non-hydrogen) atoms. The molecule has 0 fully saturated rings. The number of carbonyl (C=O) groups is 1. The number of methoxy groups -OCH3 is 2. The third-order valence-electron chi connectivity index (χ3n) is 2.81. The molecule has 0 spiro atoms. The van der Waals surface area contributed by atoms with Gasteiger partial charge in [0, 0.05) is 43.0 Å². The molecule has 0 aromatic heterocycles. The van der Waals surface area contributed by atoms with Crippen molar-refractivity contribution in [2.75, 3.05) is 45.4 Å². The Balaban J connectivity index is 3.03. The van der Waals surface area contributed by atoms with E-state index in [-0.39, 0.29) is 5.78 Å². The van der Waals surface area contributed by atoms with Crippen LogP contribution in [0.4, 0.5) is 5.69 Å². The lowest BCUT2D eigenvalue weighted by Gasteiger charge is -2.26. The summed E-state index contributed by atoms with van der Waals surface area (Å²) in [5, 5.41) is 0. The first-order valence-corrected chi connectivity index (χ1v) is 6.92. The van der Waals surface area contributed by atoms with Gasteiger partial charge in [0.2, 0.25) is 0 Å². The molecule has 0 unspecified atom stereocenters. The van der Waals surface area contributed by atoms with Crippen LogP contribution in [0.5, 0.6) is 0 Å². The second-order valence-electron chi connectivity index (χ2n) is 4.19. The van der Waals surface area contributed by atoms with E-state index in [9.17, 15) is 4.79 Å². The average Bonchev–Trinajstić information content (AvgIpc) is 2.38. The number of nitrogens with zero attached hydrogens (tertiary/aromatic N) is 1. The fourth-order valence-corrected chi connectivity index (χ4v) is 2.17. The summed E-state index contributed by atoms with van der Waals surface area (Å²) in [5.41, 5.74) is 1.63. The lowest BCUT2D eigenvalue weighted by molar-refractivity contribution is 0.101. The molecule has 0 bridgehead atoms. The van der Waals surface area contributed by atoms with Crippen LogP contribution in [-0.4, -0.2) is 46.3 Å². The Morgan fingerprint density at radius 3 is 2.26 bits per heavy atom. The van der Waals surface area contributed by atoms with Gasteiger partial charge in [-0.1, -0.05) is 15.9 Å². The van der Waals surface area contributed by atoms with Gasteiger partial charge in [-0.25, -0.2) is 0 Å². The lowest BCUT2D eigenvalue weighted by Crippen LogP contribution is -2.31. The van der Waals surface area contributed by atoms with Gasteiger partial charge in [0.25, 0.3) is 0 Å². The minimum Gasteiger partial charge on any atom is -0.383 e. The van der Waals surface area contributed by atoms with Crippen LogP contribution in [0, 0.1) is 0 Å². The molecule has 0 saturated heterocycles. The zero-order chi connectivity index (χ0) is 14.3. The number of carbonyl (C=O) groups excluding carboxylic acids is 1. The monoisotopic (exact) mass is 329 g/mol. The van der Waals surface area contributed by atoms with Crippen molar-refractivity contribution in [1.29, 1.82) is 0 Å². The van der Waals surface area contributed by atoms with Gasteiger partial charge in [-0.2, -0.15) is 0 Å². The number of ether oxygens (including phenoxy) is 2. The topological polar surface area (TPSA) is 38.8 Å². The standard InChI is InChI=1S/C14H20BrNO3/c1-11(17)13-5-4-12(15)10-14(13)16(6-8-18-2)7-9-19-3/h4-5,10H,6-9H2,1-3H3. The van der Waals surface area contributed by atoms with Gasteiger partial charge < -0.3 is 14.4 Å². The number of ketones is 1. The molecule has 0 N–H and O–H groups in total. The summed E-state index contributed by atoms with van der Waals surface area (Å²) in [6.45, 7) is 4.23. The Morgan fingerprint density at radius 1 is 1.21 bits per heavy atom. The van der Waals surface area contributed by atoms with Crippen molar-refractivity contribution in [2.45, 2.75) is 6.92 Å². The van der Waals surface area contributed by atoms with Crippen molar-refractivity contribution >= 4 is 27.4 Å². The fourth-order valence-electron chi connectivity index (χ4n) is 1.82. The summed E-state index contributed by atoms with van der Waals surface area (Å²) < 4.78 is 11.2. The zero-order valence-corrected chi connectivity index (χ0v) is 13.2. The van der Waals surface area contributed by atoms with Crippen LogP contribution in [0.15, 0.2) is 22.7 Å². The molecule has 0 radical (unpaired) electrons. The normalized spacial score (nSPS) is 10.5. The summed E-state index contributed by atoms with van der Waals surface area (Å²) in [7, 11) is 3.34. The van der Waals surface area contributed by atoms with E-state index < -0.39 is 0 Å². The van der Waals surface area contributed by atoms with Crippen molar-refractivity contribution in [2.24, 2.45) is 0 Å². The van der Waals surface area contributed by atoms with Crippen molar-refractivity contribution in [3.8, 4) is 0 Å². The van der Waals surface area contributed by atoms with Crippen LogP contribution in [0.1, 0.15) is 17.3 Å². The van der Waals surface area contributed by atoms with Gasteiger partial charge in [0.1, 0.15) is 0 Å². The second kappa shape index (κ2) is 8.30. The summed E-state index contributed by atoms with van der Waals surface area (Å²) in [6, 6.07) is 5.68. The number of halogens is 1. The van der Waals surface area contributed by atoms with Crippen LogP contribution >= 0.6 is 15.9 Å². The van der Waals surface area contributed by atoms with Crippen LogP contribution in [0.25, 0.3) is 0 Å². The van der Waals surface area contributed by atoms with Gasteiger partial charge in [-0.15, -0.1) is 0 Å². The molecule has 0 saturated carbocycles. The van der Waals surface area contributed by atoms with Crippen LogP contribution in [0.3, 0.4) is 0 Å². The molecular formula is C14H20BrNO3. The quantitative estimate of drug-likeness (QED) is 0.687. The van der Waals surface area contributed by atoms with Crippen molar-refractivity contribution in [1.82, 2.24) is 0 Å². The molecule has 0 aliphatic carbocycles. The summed E-state index contributed by atoms with van der Waals surface area (Å²) in [4.78, 5) is 13.8. The van der Waals surface area contributed by atoms with E-state index in [0.717, 1.165) is 28.8 Å². The molecule has 0 aliphatic heterocycles. The van der Waals surface area contributed by atoms with Gasteiger partial charge in [0.15, 0.2) is 5.78 Å². The first-order valence-electron chi connectivity index (χ1n) is 6.13. The van der Waals surface area contributed by atoms with E-state index in [2.05, 4.69) is 20.8 Å². The fraction of sp³-hybridized carbons (Fsp3) is 0.500. The van der Waals surface area contributed by atoms with Gasteiger partial charge in [-0.3, -0.25) is 4.79 Å². The SMILES string of the molecule is COCCN(CCOC)c1cc(Br)ccc1C(C)=O. The van der Waals surface area contributed by atoms with Crippen LogP contribution < -0.4 is 4.90 Å². The van der Waals surface area contributed by atoms with E-state index in [1.807, 2.05) is 18.2 Å². The summed E-state index contributed by atoms with van der Waals surface area (Å²) >= 11 is 3.45. The third-order valence-corrected chi connectivity index (χ3v) is 3.30. The highest BCUT2D eigenvalue weighted by atomic mass is 79.9. The molecule has 5 heteroatoms. The Labute approximate surface area is 122 Å². The highest BCUT2D eigenvalue weighted by Gasteiger charge is 2.14. The van der Waals surface area contributed by atoms with E-state index >= 15 is 0 Å². The number of rotatable bonds is 8. The van der Waals surface area contributed by atoms with E-state index in [1.54, 1.807) is 21.1 Å². The van der Waals surface area contributed by atoms with Crippen LogP contribution in [-0.2, 0) is 9.47 Å². The highest BCUT2D eigenvalue weighted by molar-refractivity contribution is 9.10. The smallest absolute Gasteiger partial charge is 0.161 e. The Kier molecular flexibility index (Phi) is 7.05. The molecule has 4 nitrogen and oxygen atoms in total. The lowest BCUT2D eigenvalue weighted by atomic mass is 10.1. The van der Waals surface area contributed by atoms with Gasteiger partial charge >= 0.3 is 0 Å². The number of hydrogen-bond donors (Lipinski definition) is 0. The Morgan fingerprint density at radius 2 is 1.79 bits per heavy atom. The molecule has 0 heterocycles. The molecule has 0 amide bonds. The maximum Gasteiger partial charge on any atom is 0.161 e. The van der Waals surface area contributed by atoms with Crippen molar-refractivity contribution in [3.05, 3.63) is 28.2 Å².